The number of hydrogen-bond acceptors (Lipinski definition) is 2. The van der Waals surface area contributed by atoms with Gasteiger partial charge in [-0.2, -0.15) is 5.10 Å². The Morgan fingerprint density at radius 2 is 1.08 bits per heavy atom. The van der Waals surface area contributed by atoms with Gasteiger partial charge in [-0.25, -0.2) is 4.68 Å². The SMILES string of the molecule is Cc1nn(C(c2ccccc2)(c2ccccc2)c2ccccc2)cc1O. The van der Waals surface area contributed by atoms with Gasteiger partial charge in [0.1, 0.15) is 11.2 Å². The molecule has 1 N–H and O–H groups in total. The summed E-state index contributed by atoms with van der Waals surface area (Å²) in [5.74, 6) is 0.192. The number of benzene rings is 3. The normalized spacial score (nSPS) is 11.4. The highest BCUT2D eigenvalue weighted by molar-refractivity contribution is 5.50. The van der Waals surface area contributed by atoms with Gasteiger partial charge in [0.2, 0.25) is 0 Å². The van der Waals surface area contributed by atoms with Gasteiger partial charge < -0.3 is 5.11 Å². The molecular formula is C23H20N2O. The predicted molar refractivity (Wildman–Crippen MR) is 103 cm³/mol. The zero-order valence-corrected chi connectivity index (χ0v) is 14.6. The summed E-state index contributed by atoms with van der Waals surface area (Å²) in [6, 6.07) is 30.9. The van der Waals surface area contributed by atoms with E-state index in [9.17, 15) is 5.11 Å². The summed E-state index contributed by atoms with van der Waals surface area (Å²) in [6.07, 6.45) is 1.71. The summed E-state index contributed by atoms with van der Waals surface area (Å²) in [5, 5.41) is 14.9. The van der Waals surface area contributed by atoms with Gasteiger partial charge in [-0.15, -0.1) is 0 Å². The van der Waals surface area contributed by atoms with Crippen LogP contribution in [0.3, 0.4) is 0 Å². The van der Waals surface area contributed by atoms with Crippen LogP contribution in [0.25, 0.3) is 0 Å². The van der Waals surface area contributed by atoms with Crippen LogP contribution in [0.1, 0.15) is 22.4 Å². The van der Waals surface area contributed by atoms with Gasteiger partial charge in [0.15, 0.2) is 5.75 Å². The molecule has 3 nitrogen and oxygen atoms in total. The van der Waals surface area contributed by atoms with Crippen LogP contribution >= 0.6 is 0 Å². The zero-order chi connectivity index (χ0) is 18.0. The van der Waals surface area contributed by atoms with Gasteiger partial charge in [-0.1, -0.05) is 91.0 Å². The van der Waals surface area contributed by atoms with Crippen molar-refractivity contribution in [3.05, 3.63) is 120 Å². The van der Waals surface area contributed by atoms with Gasteiger partial charge in [-0.3, -0.25) is 0 Å². The largest absolute Gasteiger partial charge is 0.504 e. The molecule has 0 amide bonds. The van der Waals surface area contributed by atoms with Crippen LogP contribution in [0.5, 0.6) is 5.75 Å². The lowest BCUT2D eigenvalue weighted by Gasteiger charge is -2.36. The highest BCUT2D eigenvalue weighted by Crippen LogP contribution is 2.41. The van der Waals surface area contributed by atoms with Crippen molar-refractivity contribution in [2.75, 3.05) is 0 Å². The summed E-state index contributed by atoms with van der Waals surface area (Å²) < 4.78 is 1.87. The van der Waals surface area contributed by atoms with E-state index in [1.165, 1.54) is 0 Å². The molecule has 0 fully saturated rings. The molecule has 0 aliphatic heterocycles. The minimum atomic E-state index is -0.671. The first-order valence-electron chi connectivity index (χ1n) is 8.65. The van der Waals surface area contributed by atoms with E-state index in [-0.39, 0.29) is 5.75 Å². The minimum absolute atomic E-state index is 0.192. The van der Waals surface area contributed by atoms with Crippen LogP contribution in [0, 0.1) is 6.92 Å². The van der Waals surface area contributed by atoms with Gasteiger partial charge in [0.25, 0.3) is 0 Å². The fraction of sp³-hybridized carbons (Fsp3) is 0.0870. The quantitative estimate of drug-likeness (QED) is 0.545. The second-order valence-corrected chi connectivity index (χ2v) is 6.35. The Bertz CT molecular complexity index is 876. The molecule has 3 heteroatoms. The Balaban J connectivity index is 2.14. The fourth-order valence-electron chi connectivity index (χ4n) is 3.56. The smallest absolute Gasteiger partial charge is 0.156 e. The third-order valence-corrected chi connectivity index (χ3v) is 4.79. The third kappa shape index (κ3) is 2.49. The third-order valence-electron chi connectivity index (χ3n) is 4.79. The monoisotopic (exact) mass is 340 g/mol. The predicted octanol–water partition coefficient (Wildman–Crippen LogP) is 4.74. The molecule has 3 aromatic carbocycles. The molecule has 0 atom stereocenters. The molecule has 26 heavy (non-hydrogen) atoms. The van der Waals surface area contributed by atoms with Gasteiger partial charge in [-0.05, 0) is 23.6 Å². The van der Waals surface area contributed by atoms with E-state index >= 15 is 0 Å². The van der Waals surface area contributed by atoms with Crippen LogP contribution in [0.4, 0.5) is 0 Å². The second kappa shape index (κ2) is 6.52. The van der Waals surface area contributed by atoms with E-state index in [0.717, 1.165) is 16.7 Å². The lowest BCUT2D eigenvalue weighted by Crippen LogP contribution is -2.38. The van der Waals surface area contributed by atoms with E-state index < -0.39 is 5.54 Å². The molecule has 128 valence electrons. The van der Waals surface area contributed by atoms with Gasteiger partial charge in [0.05, 0.1) is 6.20 Å². The standard InChI is InChI=1S/C23H20N2O/c1-18-22(26)17-25(24-18)23(19-11-5-2-6-12-19,20-13-7-3-8-14-20)21-15-9-4-10-16-21/h2-17,26H,1H3. The Kier molecular flexibility index (Phi) is 4.05. The van der Waals surface area contributed by atoms with E-state index in [0.29, 0.717) is 5.69 Å². The summed E-state index contributed by atoms with van der Waals surface area (Å²) in [5.41, 5.74) is 3.19. The highest BCUT2D eigenvalue weighted by Gasteiger charge is 2.39. The Labute approximate surface area is 153 Å². The minimum Gasteiger partial charge on any atom is -0.504 e. The first-order chi connectivity index (χ1) is 12.7. The van der Waals surface area contributed by atoms with Gasteiger partial charge >= 0.3 is 0 Å². The van der Waals surface area contributed by atoms with Crippen molar-refractivity contribution < 1.29 is 5.11 Å². The molecular weight excluding hydrogens is 320 g/mol. The first-order valence-corrected chi connectivity index (χ1v) is 8.65. The topological polar surface area (TPSA) is 38.0 Å². The van der Waals surface area contributed by atoms with Crippen molar-refractivity contribution in [1.82, 2.24) is 9.78 Å². The number of aromatic hydroxyl groups is 1. The molecule has 4 aromatic rings. The molecule has 1 heterocycles. The molecule has 0 saturated heterocycles. The maximum atomic E-state index is 10.3. The zero-order valence-electron chi connectivity index (χ0n) is 14.6. The summed E-state index contributed by atoms with van der Waals surface area (Å²) in [6.45, 7) is 1.82. The molecule has 4 rings (SSSR count). The number of aryl methyl sites for hydroxylation is 1. The van der Waals surface area contributed by atoms with Crippen LogP contribution in [-0.4, -0.2) is 14.9 Å². The van der Waals surface area contributed by atoms with E-state index in [1.807, 2.05) is 66.2 Å². The van der Waals surface area contributed by atoms with Crippen molar-refractivity contribution in [2.24, 2.45) is 0 Å². The van der Waals surface area contributed by atoms with Crippen molar-refractivity contribution in [2.45, 2.75) is 12.5 Å². The van der Waals surface area contributed by atoms with Crippen molar-refractivity contribution >= 4 is 0 Å². The molecule has 0 unspecified atom stereocenters. The lowest BCUT2D eigenvalue weighted by atomic mass is 9.77. The van der Waals surface area contributed by atoms with E-state index in [1.54, 1.807) is 6.20 Å². The fourth-order valence-corrected chi connectivity index (χ4v) is 3.56. The van der Waals surface area contributed by atoms with Gasteiger partial charge in [0, 0.05) is 0 Å². The Hall–Kier alpha value is -3.33. The molecule has 0 bridgehead atoms. The van der Waals surface area contributed by atoms with Crippen LogP contribution in [0.2, 0.25) is 0 Å². The first kappa shape index (κ1) is 16.2. The van der Waals surface area contributed by atoms with Crippen LogP contribution < -0.4 is 0 Å². The highest BCUT2D eigenvalue weighted by atomic mass is 16.3. The molecule has 1 aromatic heterocycles. The van der Waals surface area contributed by atoms with Crippen molar-refractivity contribution in [3.8, 4) is 5.75 Å². The van der Waals surface area contributed by atoms with E-state index in [2.05, 4.69) is 41.5 Å². The molecule has 0 spiro atoms. The van der Waals surface area contributed by atoms with Crippen molar-refractivity contribution in [3.63, 3.8) is 0 Å². The maximum absolute atomic E-state index is 10.3. The average molecular weight is 340 g/mol. The maximum Gasteiger partial charge on any atom is 0.156 e. The van der Waals surface area contributed by atoms with Crippen molar-refractivity contribution in [1.29, 1.82) is 0 Å². The number of aromatic nitrogens is 2. The van der Waals surface area contributed by atoms with E-state index in [4.69, 9.17) is 0 Å². The molecule has 0 saturated carbocycles. The summed E-state index contributed by atoms with van der Waals surface area (Å²) >= 11 is 0. The second-order valence-electron chi connectivity index (χ2n) is 6.35. The number of nitrogens with zero attached hydrogens (tertiary/aromatic N) is 2. The number of hydrogen-bond donors (Lipinski definition) is 1. The Morgan fingerprint density at radius 3 is 1.38 bits per heavy atom. The molecule has 0 aliphatic carbocycles. The molecule has 0 radical (unpaired) electrons. The number of rotatable bonds is 4. The summed E-state index contributed by atoms with van der Waals surface area (Å²) in [7, 11) is 0. The lowest BCUT2D eigenvalue weighted by molar-refractivity contribution is 0.447. The molecule has 0 aliphatic rings. The van der Waals surface area contributed by atoms with Crippen LogP contribution in [-0.2, 0) is 5.54 Å². The van der Waals surface area contributed by atoms with Crippen LogP contribution in [0.15, 0.2) is 97.2 Å². The summed E-state index contributed by atoms with van der Waals surface area (Å²) in [4.78, 5) is 0. The Morgan fingerprint density at radius 1 is 0.692 bits per heavy atom. The average Bonchev–Trinajstić information content (AvgIpc) is 3.04.